The average molecular weight is 193 g/mol. The number of carbonyl (C=O) groups excluding carboxylic acids is 1. The molecule has 0 atom stereocenters. The number of hydrogen-bond acceptors (Lipinski definition) is 5. The van der Waals surface area contributed by atoms with E-state index in [-0.39, 0.29) is 4.38 Å². The molecular weight excluding hydrogens is 182 g/mol. The van der Waals surface area contributed by atoms with E-state index in [1.165, 1.54) is 11.9 Å². The first-order valence-corrected chi connectivity index (χ1v) is 4.49. The molecule has 0 aliphatic carbocycles. The number of carbonyl (C=O) groups is 1. The average Bonchev–Trinajstić information content (AvgIpc) is 2.01. The predicted molar refractivity (Wildman–Crippen MR) is 50.3 cm³/mol. The van der Waals surface area contributed by atoms with Gasteiger partial charge < -0.3 is 4.74 Å². The smallest absolute Gasteiger partial charge is 0.299 e. The first-order chi connectivity index (χ1) is 5.24. The maximum atomic E-state index is 9.83. The Morgan fingerprint density at radius 2 is 2.18 bits per heavy atom. The highest BCUT2D eigenvalue weighted by molar-refractivity contribution is 8.21. The second-order valence-electron chi connectivity index (χ2n) is 1.67. The maximum absolute atomic E-state index is 9.83. The molecule has 0 spiro atoms. The number of ether oxygens (including phenoxy) is 1. The third-order valence-corrected chi connectivity index (χ3v) is 2.39. The van der Waals surface area contributed by atoms with Crippen LogP contribution < -0.4 is 0 Å². The van der Waals surface area contributed by atoms with Gasteiger partial charge in [-0.3, -0.25) is 4.79 Å². The van der Waals surface area contributed by atoms with Crippen LogP contribution in [0, 0.1) is 0 Å². The lowest BCUT2D eigenvalue weighted by Gasteiger charge is -2.14. The summed E-state index contributed by atoms with van der Waals surface area (Å²) >= 11 is 6.01. The van der Waals surface area contributed by atoms with E-state index in [1.54, 1.807) is 0 Å². The lowest BCUT2D eigenvalue weighted by Crippen LogP contribution is -2.17. The van der Waals surface area contributed by atoms with Crippen LogP contribution >= 0.6 is 24.2 Å². The SMILES string of the molecule is CCN(CC)SC(=S)OC=O. The van der Waals surface area contributed by atoms with Gasteiger partial charge in [0.1, 0.15) is 0 Å². The van der Waals surface area contributed by atoms with Crippen LogP contribution in [0.25, 0.3) is 0 Å². The molecule has 0 aliphatic heterocycles. The molecule has 3 nitrogen and oxygen atoms in total. The van der Waals surface area contributed by atoms with Crippen LogP contribution in [-0.4, -0.2) is 28.2 Å². The molecule has 0 bridgehead atoms. The minimum atomic E-state index is 0.253. The summed E-state index contributed by atoms with van der Waals surface area (Å²) in [4.78, 5) is 9.83. The van der Waals surface area contributed by atoms with E-state index in [0.717, 1.165) is 13.1 Å². The number of thiocarbonyl (C=S) groups is 1. The number of nitrogens with zero attached hydrogens (tertiary/aromatic N) is 1. The highest BCUT2D eigenvalue weighted by Crippen LogP contribution is 2.11. The molecule has 11 heavy (non-hydrogen) atoms. The Morgan fingerprint density at radius 1 is 1.64 bits per heavy atom. The van der Waals surface area contributed by atoms with Gasteiger partial charge in [0.2, 0.25) is 4.38 Å². The minimum absolute atomic E-state index is 0.253. The Labute approximate surface area is 76.2 Å². The van der Waals surface area contributed by atoms with Crippen LogP contribution in [0.4, 0.5) is 0 Å². The van der Waals surface area contributed by atoms with Crippen molar-refractivity contribution < 1.29 is 9.53 Å². The molecule has 0 radical (unpaired) electrons. The molecule has 0 aromatic heterocycles. The first kappa shape index (κ1) is 10.9. The summed E-state index contributed by atoms with van der Waals surface area (Å²) in [5.74, 6) is 0. The van der Waals surface area contributed by atoms with Gasteiger partial charge >= 0.3 is 0 Å². The van der Waals surface area contributed by atoms with Crippen molar-refractivity contribution in [2.75, 3.05) is 13.1 Å². The fourth-order valence-corrected chi connectivity index (χ4v) is 1.43. The van der Waals surface area contributed by atoms with Gasteiger partial charge in [0.05, 0.1) is 0 Å². The Kier molecular flexibility index (Phi) is 6.49. The van der Waals surface area contributed by atoms with Crippen LogP contribution in [0.1, 0.15) is 13.8 Å². The van der Waals surface area contributed by atoms with Crippen molar-refractivity contribution in [2.45, 2.75) is 13.8 Å². The fourth-order valence-electron chi connectivity index (χ4n) is 0.519. The van der Waals surface area contributed by atoms with Crippen LogP contribution in [0.15, 0.2) is 0 Å². The maximum Gasteiger partial charge on any atom is 0.299 e. The number of hydrogen-bond donors (Lipinski definition) is 0. The van der Waals surface area contributed by atoms with E-state index in [4.69, 9.17) is 12.2 Å². The largest absolute Gasteiger partial charge is 0.409 e. The molecule has 0 aromatic carbocycles. The molecule has 0 amide bonds. The molecule has 64 valence electrons. The van der Waals surface area contributed by atoms with E-state index >= 15 is 0 Å². The van der Waals surface area contributed by atoms with Gasteiger partial charge in [-0.05, 0) is 12.2 Å². The third-order valence-electron chi connectivity index (χ3n) is 1.05. The minimum Gasteiger partial charge on any atom is -0.409 e. The van der Waals surface area contributed by atoms with Gasteiger partial charge in [-0.15, -0.1) is 0 Å². The Bertz CT molecular complexity index is 137. The molecule has 0 rings (SSSR count). The molecule has 0 aliphatic rings. The fraction of sp³-hybridized carbons (Fsp3) is 0.667. The van der Waals surface area contributed by atoms with E-state index in [9.17, 15) is 4.79 Å². The van der Waals surface area contributed by atoms with Crippen LogP contribution in [0.2, 0.25) is 0 Å². The summed E-state index contributed by atoms with van der Waals surface area (Å²) < 4.78 is 6.69. The summed E-state index contributed by atoms with van der Waals surface area (Å²) in [6, 6.07) is 0. The molecule has 5 heteroatoms. The van der Waals surface area contributed by atoms with Crippen LogP contribution in [0.3, 0.4) is 0 Å². The van der Waals surface area contributed by atoms with Crippen molar-refractivity contribution >= 4 is 35.0 Å². The van der Waals surface area contributed by atoms with Crippen molar-refractivity contribution in [3.63, 3.8) is 0 Å². The predicted octanol–water partition coefficient (Wildman–Crippen LogP) is 1.43. The highest BCUT2D eigenvalue weighted by Gasteiger charge is 2.04. The van der Waals surface area contributed by atoms with Crippen molar-refractivity contribution in [2.24, 2.45) is 0 Å². The zero-order valence-electron chi connectivity index (χ0n) is 6.57. The van der Waals surface area contributed by atoms with Crippen molar-refractivity contribution in [3.05, 3.63) is 0 Å². The summed E-state index contributed by atoms with van der Waals surface area (Å²) in [7, 11) is 0. The molecule has 0 N–H and O–H groups in total. The molecule has 0 unspecified atom stereocenters. The molecule has 0 heterocycles. The summed E-state index contributed by atoms with van der Waals surface area (Å²) in [5, 5.41) is 0. The molecular formula is C6H11NO2S2. The lowest BCUT2D eigenvalue weighted by molar-refractivity contribution is -0.121. The van der Waals surface area contributed by atoms with E-state index in [0.29, 0.717) is 6.47 Å². The van der Waals surface area contributed by atoms with Gasteiger partial charge in [0.25, 0.3) is 6.47 Å². The Balaban J connectivity index is 3.62. The van der Waals surface area contributed by atoms with Gasteiger partial charge in [-0.1, -0.05) is 13.8 Å². The Hall–Kier alpha value is -0.130. The van der Waals surface area contributed by atoms with Crippen LogP contribution in [0.5, 0.6) is 0 Å². The van der Waals surface area contributed by atoms with Crippen molar-refractivity contribution in [3.8, 4) is 0 Å². The molecule has 0 saturated heterocycles. The molecule has 0 saturated carbocycles. The molecule has 0 aromatic rings. The van der Waals surface area contributed by atoms with E-state index < -0.39 is 0 Å². The Morgan fingerprint density at radius 3 is 2.55 bits per heavy atom. The van der Waals surface area contributed by atoms with Gasteiger partial charge in [-0.25, -0.2) is 4.31 Å². The summed E-state index contributed by atoms with van der Waals surface area (Å²) in [5.41, 5.74) is 0. The summed E-state index contributed by atoms with van der Waals surface area (Å²) in [6.45, 7) is 6.13. The van der Waals surface area contributed by atoms with Gasteiger partial charge in [-0.2, -0.15) is 0 Å². The normalized spacial score (nSPS) is 9.73. The standard InChI is InChI=1S/C6H11NO2S2/c1-3-7(4-2)11-6(10)9-5-8/h5H,3-4H2,1-2H3. The topological polar surface area (TPSA) is 29.5 Å². The highest BCUT2D eigenvalue weighted by atomic mass is 32.2. The van der Waals surface area contributed by atoms with Gasteiger partial charge in [0.15, 0.2) is 0 Å². The quantitative estimate of drug-likeness (QED) is 0.383. The van der Waals surface area contributed by atoms with E-state index in [1.807, 2.05) is 18.2 Å². The van der Waals surface area contributed by atoms with Gasteiger partial charge in [0, 0.05) is 25.0 Å². The molecule has 0 fully saturated rings. The number of rotatable bonds is 4. The van der Waals surface area contributed by atoms with Crippen LogP contribution in [-0.2, 0) is 9.53 Å². The summed E-state index contributed by atoms with van der Waals surface area (Å²) in [6.07, 6.45) is 0. The zero-order chi connectivity index (χ0) is 8.69. The zero-order valence-corrected chi connectivity index (χ0v) is 8.20. The van der Waals surface area contributed by atoms with Crippen molar-refractivity contribution in [1.82, 2.24) is 4.31 Å². The third kappa shape index (κ3) is 5.17. The lowest BCUT2D eigenvalue weighted by atomic mass is 10.7. The van der Waals surface area contributed by atoms with Crippen molar-refractivity contribution in [1.29, 1.82) is 0 Å². The first-order valence-electron chi connectivity index (χ1n) is 3.31. The monoisotopic (exact) mass is 193 g/mol. The second-order valence-corrected chi connectivity index (χ2v) is 3.37. The van der Waals surface area contributed by atoms with E-state index in [2.05, 4.69) is 4.74 Å². The second kappa shape index (κ2) is 6.57.